The first kappa shape index (κ1) is 8.48. The molecule has 3 atom stereocenters. The molecule has 3 nitrogen and oxygen atoms in total. The predicted octanol–water partition coefficient (Wildman–Crippen LogP) is 0.278. The molecule has 12 heavy (non-hydrogen) atoms. The van der Waals surface area contributed by atoms with Gasteiger partial charge in [0.05, 0.1) is 6.61 Å². The Bertz CT molecular complexity index is 143. The van der Waals surface area contributed by atoms with Crippen LogP contribution in [-0.4, -0.2) is 36.5 Å². The van der Waals surface area contributed by atoms with E-state index < -0.39 is 0 Å². The van der Waals surface area contributed by atoms with Gasteiger partial charge in [-0.05, 0) is 19.4 Å². The molecule has 0 bridgehead atoms. The minimum Gasteiger partial charge on any atom is -0.394 e. The van der Waals surface area contributed by atoms with E-state index in [1.54, 1.807) is 0 Å². The molecule has 0 saturated carbocycles. The predicted molar refractivity (Wildman–Crippen MR) is 46.0 cm³/mol. The smallest absolute Gasteiger partial charge is 0.109 e. The molecule has 3 unspecified atom stereocenters. The lowest BCUT2D eigenvalue weighted by Crippen LogP contribution is -2.34. The minimum absolute atomic E-state index is 0.126. The Kier molecular flexibility index (Phi) is 2.63. The molecule has 0 spiro atoms. The van der Waals surface area contributed by atoms with Crippen LogP contribution in [0.3, 0.4) is 0 Å². The number of epoxide rings is 1. The molecule has 0 aromatic carbocycles. The van der Waals surface area contributed by atoms with E-state index in [-0.39, 0.29) is 12.7 Å². The summed E-state index contributed by atoms with van der Waals surface area (Å²) in [5.74, 6) is 0. The number of nitrogens with one attached hydrogen (secondary N) is 1. The van der Waals surface area contributed by atoms with Crippen molar-refractivity contribution >= 4 is 0 Å². The molecular formula is C9H17NO2. The van der Waals surface area contributed by atoms with Crippen molar-refractivity contribution in [2.75, 3.05) is 13.2 Å². The summed E-state index contributed by atoms with van der Waals surface area (Å²) < 4.78 is 5.35. The Morgan fingerprint density at radius 3 is 3.00 bits per heavy atom. The first-order valence-electron chi connectivity index (χ1n) is 4.91. The lowest BCUT2D eigenvalue weighted by Gasteiger charge is -2.11. The lowest BCUT2D eigenvalue weighted by molar-refractivity contribution is 0.239. The second-order valence-electron chi connectivity index (χ2n) is 3.73. The molecule has 3 heteroatoms. The Labute approximate surface area is 73.1 Å². The molecule has 2 fully saturated rings. The van der Waals surface area contributed by atoms with Crippen LogP contribution >= 0.6 is 0 Å². The summed E-state index contributed by atoms with van der Waals surface area (Å²) in [5, 5.41) is 12.3. The van der Waals surface area contributed by atoms with Crippen LogP contribution in [-0.2, 0) is 4.74 Å². The molecule has 2 aliphatic heterocycles. The average Bonchev–Trinajstić information content (AvgIpc) is 2.89. The second kappa shape index (κ2) is 3.73. The molecule has 2 aliphatic rings. The summed E-state index contributed by atoms with van der Waals surface area (Å²) in [4.78, 5) is 0. The lowest BCUT2D eigenvalue weighted by atomic mass is 10.1. The number of aliphatic hydroxyl groups excluding tert-OH is 1. The maximum atomic E-state index is 8.82. The van der Waals surface area contributed by atoms with Gasteiger partial charge in [0.2, 0.25) is 0 Å². The molecule has 2 heterocycles. The van der Waals surface area contributed by atoms with Gasteiger partial charge < -0.3 is 15.2 Å². The monoisotopic (exact) mass is 171 g/mol. The van der Waals surface area contributed by atoms with Crippen LogP contribution in [0.5, 0.6) is 0 Å². The molecular weight excluding hydrogens is 154 g/mol. The first-order chi connectivity index (χ1) is 5.92. The molecule has 0 amide bonds. The average molecular weight is 171 g/mol. The number of hydrogen-bond acceptors (Lipinski definition) is 3. The van der Waals surface area contributed by atoms with Crippen LogP contribution in [0.2, 0.25) is 0 Å². The van der Waals surface area contributed by atoms with E-state index in [0.717, 1.165) is 6.54 Å². The fourth-order valence-electron chi connectivity index (χ4n) is 1.99. The van der Waals surface area contributed by atoms with E-state index in [9.17, 15) is 0 Å². The molecule has 0 radical (unpaired) electrons. The van der Waals surface area contributed by atoms with E-state index in [4.69, 9.17) is 9.84 Å². The standard InChI is InChI=1S/C9H17NO2/c11-6-8-9(12-8)7-4-2-1-3-5-10-7/h7-11H,1-6H2. The van der Waals surface area contributed by atoms with Crippen molar-refractivity contribution in [3.05, 3.63) is 0 Å². The van der Waals surface area contributed by atoms with Gasteiger partial charge in [-0.3, -0.25) is 0 Å². The van der Waals surface area contributed by atoms with Crippen molar-refractivity contribution in [2.24, 2.45) is 0 Å². The van der Waals surface area contributed by atoms with Crippen LogP contribution in [0, 0.1) is 0 Å². The van der Waals surface area contributed by atoms with E-state index in [1.165, 1.54) is 25.7 Å². The van der Waals surface area contributed by atoms with Gasteiger partial charge >= 0.3 is 0 Å². The van der Waals surface area contributed by atoms with E-state index in [1.807, 2.05) is 0 Å². The third-order valence-electron chi connectivity index (χ3n) is 2.80. The van der Waals surface area contributed by atoms with Gasteiger partial charge in [-0.1, -0.05) is 12.8 Å². The molecule has 2 rings (SSSR count). The highest BCUT2D eigenvalue weighted by molar-refractivity contribution is 4.94. The van der Waals surface area contributed by atoms with Gasteiger partial charge in [0.25, 0.3) is 0 Å². The highest BCUT2D eigenvalue weighted by Gasteiger charge is 2.43. The highest BCUT2D eigenvalue weighted by atomic mass is 16.6. The van der Waals surface area contributed by atoms with Crippen LogP contribution in [0.1, 0.15) is 25.7 Å². The molecule has 2 saturated heterocycles. The van der Waals surface area contributed by atoms with Crippen LogP contribution in [0.15, 0.2) is 0 Å². The summed E-state index contributed by atoms with van der Waals surface area (Å²) in [5.41, 5.74) is 0. The summed E-state index contributed by atoms with van der Waals surface area (Å²) in [7, 11) is 0. The molecule has 2 N–H and O–H groups in total. The van der Waals surface area contributed by atoms with Crippen molar-refractivity contribution in [3.63, 3.8) is 0 Å². The zero-order valence-electron chi connectivity index (χ0n) is 7.33. The number of ether oxygens (including phenoxy) is 1. The second-order valence-corrected chi connectivity index (χ2v) is 3.73. The number of rotatable bonds is 2. The Morgan fingerprint density at radius 1 is 1.33 bits per heavy atom. The van der Waals surface area contributed by atoms with Gasteiger partial charge in [0, 0.05) is 6.04 Å². The topological polar surface area (TPSA) is 44.8 Å². The minimum atomic E-state index is 0.126. The number of hydrogen-bond donors (Lipinski definition) is 2. The highest BCUT2D eigenvalue weighted by Crippen LogP contribution is 2.28. The van der Waals surface area contributed by atoms with Crippen molar-refractivity contribution in [2.45, 2.75) is 43.9 Å². The fourth-order valence-corrected chi connectivity index (χ4v) is 1.99. The van der Waals surface area contributed by atoms with Gasteiger partial charge in [-0.25, -0.2) is 0 Å². The Balaban J connectivity index is 1.79. The van der Waals surface area contributed by atoms with Crippen LogP contribution < -0.4 is 5.32 Å². The van der Waals surface area contributed by atoms with E-state index in [2.05, 4.69) is 5.32 Å². The SMILES string of the molecule is OCC1OC1C1CCCCCN1. The third kappa shape index (κ3) is 1.79. The van der Waals surface area contributed by atoms with Gasteiger partial charge in [0.1, 0.15) is 12.2 Å². The summed E-state index contributed by atoms with van der Waals surface area (Å²) in [6, 6.07) is 0.504. The maximum absolute atomic E-state index is 8.82. The molecule has 70 valence electrons. The van der Waals surface area contributed by atoms with Crippen molar-refractivity contribution in [1.29, 1.82) is 0 Å². The zero-order chi connectivity index (χ0) is 8.39. The van der Waals surface area contributed by atoms with Crippen molar-refractivity contribution < 1.29 is 9.84 Å². The van der Waals surface area contributed by atoms with Crippen molar-refractivity contribution in [1.82, 2.24) is 5.32 Å². The largest absolute Gasteiger partial charge is 0.394 e. The van der Waals surface area contributed by atoms with E-state index in [0.29, 0.717) is 12.1 Å². The maximum Gasteiger partial charge on any atom is 0.109 e. The van der Waals surface area contributed by atoms with E-state index >= 15 is 0 Å². The van der Waals surface area contributed by atoms with Gasteiger partial charge in [-0.15, -0.1) is 0 Å². The summed E-state index contributed by atoms with van der Waals surface area (Å²) in [6.07, 6.45) is 5.55. The van der Waals surface area contributed by atoms with Crippen molar-refractivity contribution in [3.8, 4) is 0 Å². The summed E-state index contributed by atoms with van der Waals surface area (Å²) in [6.45, 7) is 1.30. The summed E-state index contributed by atoms with van der Waals surface area (Å²) >= 11 is 0. The first-order valence-corrected chi connectivity index (χ1v) is 4.91. The Morgan fingerprint density at radius 2 is 2.25 bits per heavy atom. The molecule has 0 aromatic heterocycles. The van der Waals surface area contributed by atoms with Crippen LogP contribution in [0.4, 0.5) is 0 Å². The third-order valence-corrected chi connectivity index (χ3v) is 2.80. The zero-order valence-corrected chi connectivity index (χ0v) is 7.33. The normalized spacial score (nSPS) is 42.2. The van der Waals surface area contributed by atoms with Gasteiger partial charge in [-0.2, -0.15) is 0 Å². The molecule has 0 aliphatic carbocycles. The fraction of sp³-hybridized carbons (Fsp3) is 1.00. The molecule has 0 aromatic rings. The van der Waals surface area contributed by atoms with Gasteiger partial charge in [0.15, 0.2) is 0 Å². The number of aliphatic hydroxyl groups is 1. The Hall–Kier alpha value is -0.120. The quantitative estimate of drug-likeness (QED) is 0.586. The van der Waals surface area contributed by atoms with Crippen LogP contribution in [0.25, 0.3) is 0 Å².